The van der Waals surface area contributed by atoms with Gasteiger partial charge in [-0.25, -0.2) is 14.4 Å². The Balaban J connectivity index is 0.000000194. The van der Waals surface area contributed by atoms with Crippen molar-refractivity contribution in [2.75, 3.05) is 19.7 Å². The van der Waals surface area contributed by atoms with Crippen LogP contribution in [0.5, 0.6) is 0 Å². The minimum absolute atomic E-state index is 0.0741. The molecule has 15 nitrogen and oxygen atoms in total. The molecule has 2 amide bonds. The highest BCUT2D eigenvalue weighted by Crippen LogP contribution is 2.13. The van der Waals surface area contributed by atoms with E-state index in [4.69, 9.17) is 14.2 Å². The number of hydrogen-bond donors (Lipinski definition) is 6. The van der Waals surface area contributed by atoms with Crippen LogP contribution < -0.4 is 5.32 Å². The van der Waals surface area contributed by atoms with E-state index in [-0.39, 0.29) is 29.7 Å². The maximum atomic E-state index is 11.8. The van der Waals surface area contributed by atoms with Crippen molar-refractivity contribution in [3.05, 3.63) is 226 Å². The van der Waals surface area contributed by atoms with E-state index in [9.17, 15) is 24.0 Å². The van der Waals surface area contributed by atoms with Gasteiger partial charge in [-0.1, -0.05) is 91.0 Å². The summed E-state index contributed by atoms with van der Waals surface area (Å²) in [5.41, 5.74) is 9.70. The Morgan fingerprint density at radius 3 is 1.28 bits per heavy atom. The van der Waals surface area contributed by atoms with E-state index in [1.54, 1.807) is 60.7 Å². The van der Waals surface area contributed by atoms with Crippen LogP contribution in [-0.2, 0) is 34.0 Å². The molecule has 372 valence electrons. The van der Waals surface area contributed by atoms with Gasteiger partial charge in [0.15, 0.2) is 0 Å². The van der Waals surface area contributed by atoms with Gasteiger partial charge in [0.1, 0.15) is 41.7 Å². The number of aromatic nitrogens is 5. The van der Waals surface area contributed by atoms with Crippen molar-refractivity contribution in [2.45, 2.75) is 68.2 Å². The second-order valence-electron chi connectivity index (χ2n) is 15.8. The van der Waals surface area contributed by atoms with Crippen LogP contribution in [0.2, 0.25) is 0 Å². The summed E-state index contributed by atoms with van der Waals surface area (Å²) in [4.78, 5) is 73.8. The molecule has 5 heterocycles. The maximum Gasteiger partial charge on any atom is 0.355 e. The molecular formula is C56H65N7O8. The predicted molar refractivity (Wildman–Crippen MR) is 275 cm³/mol. The number of benzene rings is 3. The number of ether oxygens (including phenoxy) is 3. The number of H-pyrrole nitrogens is 5. The molecule has 0 atom stereocenters. The highest BCUT2D eigenvalue weighted by Gasteiger charge is 2.14. The second kappa shape index (κ2) is 30.0. The van der Waals surface area contributed by atoms with Gasteiger partial charge < -0.3 is 49.3 Å². The third-order valence-electron chi connectivity index (χ3n) is 10.2. The molecule has 5 aromatic heterocycles. The molecule has 0 aliphatic rings. The molecule has 3 aromatic carbocycles. The number of nitrogens with one attached hydrogen (secondary N) is 6. The standard InChI is InChI=1S/C14H15NO2.C12H12N2O.C12H11NO2.C9H14N2O.C9H13NO2/c1-10-8-11(2)15-13(10)14(16)17-9-12-6-4-3-5-7-12;15-12(11-7-4-8-13-11)14-9-10-5-2-1-3-6-10;14-12(11-7-4-8-13-11)15-9-10-5-2-1-3-6-10;1-3-11(4-2)9(12)8-6-5-7-10-8;1-4-12-9(11)8-6(2)5-7(3)10-8/h3-8,15H,9H2,1-2H3;1-8,13H,9H2,(H,14,15);1-8,13H,9H2;5-7,10H,3-4H2,1-2H3;5,10H,4H2,1-3H3. The Morgan fingerprint density at radius 1 is 0.479 bits per heavy atom. The minimum Gasteiger partial charge on any atom is -0.461 e. The summed E-state index contributed by atoms with van der Waals surface area (Å²) < 4.78 is 15.2. The van der Waals surface area contributed by atoms with E-state index < -0.39 is 0 Å². The van der Waals surface area contributed by atoms with Gasteiger partial charge in [-0.05, 0) is 125 Å². The molecule has 0 spiro atoms. The van der Waals surface area contributed by atoms with Crippen LogP contribution in [0.25, 0.3) is 0 Å². The quantitative estimate of drug-likeness (QED) is 0.0455. The van der Waals surface area contributed by atoms with Gasteiger partial charge in [0.2, 0.25) is 0 Å². The van der Waals surface area contributed by atoms with Gasteiger partial charge in [0, 0.05) is 49.6 Å². The Bertz CT molecular complexity index is 2670. The van der Waals surface area contributed by atoms with Crippen LogP contribution in [0.1, 0.15) is 112 Å². The fourth-order valence-corrected chi connectivity index (χ4v) is 6.63. The summed E-state index contributed by atoms with van der Waals surface area (Å²) >= 11 is 0. The summed E-state index contributed by atoms with van der Waals surface area (Å²) in [6.45, 7) is 16.4. The van der Waals surface area contributed by atoms with E-state index in [2.05, 4.69) is 30.2 Å². The van der Waals surface area contributed by atoms with Crippen LogP contribution >= 0.6 is 0 Å². The normalized spacial score (nSPS) is 9.96. The van der Waals surface area contributed by atoms with Crippen LogP contribution in [0.15, 0.2) is 158 Å². The number of aryl methyl sites for hydroxylation is 4. The molecule has 15 heteroatoms. The van der Waals surface area contributed by atoms with Gasteiger partial charge >= 0.3 is 17.9 Å². The number of aromatic amines is 5. The zero-order valence-corrected chi connectivity index (χ0v) is 41.5. The molecular weight excluding hydrogens is 899 g/mol. The Labute approximate surface area is 415 Å². The summed E-state index contributed by atoms with van der Waals surface area (Å²) in [5.74, 6) is -0.916. The summed E-state index contributed by atoms with van der Waals surface area (Å²) in [7, 11) is 0. The summed E-state index contributed by atoms with van der Waals surface area (Å²) in [5, 5.41) is 2.83. The first-order chi connectivity index (χ1) is 34.3. The van der Waals surface area contributed by atoms with Crippen molar-refractivity contribution in [3.8, 4) is 0 Å². The first kappa shape index (κ1) is 55.0. The molecule has 0 aliphatic carbocycles. The fourth-order valence-electron chi connectivity index (χ4n) is 6.63. The Kier molecular flexibility index (Phi) is 23.3. The van der Waals surface area contributed by atoms with E-state index >= 15 is 0 Å². The summed E-state index contributed by atoms with van der Waals surface area (Å²) in [6.07, 6.45) is 5.19. The lowest BCUT2D eigenvalue weighted by atomic mass is 10.2. The molecule has 0 saturated carbocycles. The van der Waals surface area contributed by atoms with Crippen molar-refractivity contribution < 1.29 is 38.2 Å². The first-order valence-corrected chi connectivity index (χ1v) is 23.3. The predicted octanol–water partition coefficient (Wildman–Crippen LogP) is 10.6. The van der Waals surface area contributed by atoms with E-state index in [1.165, 1.54) is 0 Å². The van der Waals surface area contributed by atoms with Crippen LogP contribution in [-0.4, -0.2) is 79.2 Å². The zero-order valence-electron chi connectivity index (χ0n) is 41.5. The molecule has 0 fully saturated rings. The fraction of sp³-hybridized carbons (Fsp3) is 0.232. The minimum atomic E-state index is -0.330. The number of rotatable bonds is 14. The van der Waals surface area contributed by atoms with Crippen molar-refractivity contribution in [3.63, 3.8) is 0 Å². The third kappa shape index (κ3) is 19.1. The number of esters is 3. The van der Waals surface area contributed by atoms with E-state index in [1.807, 2.05) is 151 Å². The van der Waals surface area contributed by atoms with Crippen molar-refractivity contribution in [1.29, 1.82) is 0 Å². The first-order valence-electron chi connectivity index (χ1n) is 23.3. The average Bonchev–Trinajstić information content (AvgIpc) is 4.27. The Hall–Kier alpha value is -8.59. The second-order valence-corrected chi connectivity index (χ2v) is 15.8. The molecule has 8 rings (SSSR count). The SMILES string of the molecule is CCN(CC)C(=O)c1ccc[nH]1.CCOC(=O)c1[nH]c(C)cc1C.Cc1cc(C)c(C(=O)OCc2ccccc2)[nH]1.O=C(NCc1ccccc1)c1ccc[nH]1.O=C(OCc1ccccc1)c1ccc[nH]1. The van der Waals surface area contributed by atoms with Gasteiger partial charge in [-0.3, -0.25) is 9.59 Å². The molecule has 0 saturated heterocycles. The third-order valence-corrected chi connectivity index (χ3v) is 10.2. The van der Waals surface area contributed by atoms with Crippen LogP contribution in [0.4, 0.5) is 0 Å². The monoisotopic (exact) mass is 963 g/mol. The summed E-state index contributed by atoms with van der Waals surface area (Å²) in [6, 6.07) is 43.5. The molecule has 71 heavy (non-hydrogen) atoms. The zero-order chi connectivity index (χ0) is 51.4. The lowest BCUT2D eigenvalue weighted by Gasteiger charge is -2.17. The van der Waals surface area contributed by atoms with Crippen molar-refractivity contribution >= 4 is 29.7 Å². The maximum absolute atomic E-state index is 11.8. The van der Waals surface area contributed by atoms with Gasteiger partial charge in [0.05, 0.1) is 6.61 Å². The lowest BCUT2D eigenvalue weighted by Crippen LogP contribution is -2.30. The number of carbonyl (C=O) groups excluding carboxylic acids is 5. The molecule has 0 aliphatic heterocycles. The van der Waals surface area contributed by atoms with Crippen LogP contribution in [0, 0.1) is 27.7 Å². The largest absolute Gasteiger partial charge is 0.461 e. The van der Waals surface area contributed by atoms with Crippen molar-refractivity contribution in [1.82, 2.24) is 35.1 Å². The number of hydrogen-bond acceptors (Lipinski definition) is 8. The number of carbonyl (C=O) groups is 5. The van der Waals surface area contributed by atoms with Crippen molar-refractivity contribution in [2.24, 2.45) is 0 Å². The highest BCUT2D eigenvalue weighted by molar-refractivity contribution is 5.93. The lowest BCUT2D eigenvalue weighted by molar-refractivity contribution is 0.0457. The highest BCUT2D eigenvalue weighted by atomic mass is 16.5. The smallest absolute Gasteiger partial charge is 0.355 e. The average molecular weight is 964 g/mol. The van der Waals surface area contributed by atoms with Gasteiger partial charge in [0.25, 0.3) is 11.8 Å². The molecule has 6 N–H and O–H groups in total. The molecule has 8 aromatic rings. The molecule has 0 bridgehead atoms. The van der Waals surface area contributed by atoms with E-state index in [0.29, 0.717) is 54.8 Å². The molecule has 0 radical (unpaired) electrons. The van der Waals surface area contributed by atoms with Gasteiger partial charge in [-0.2, -0.15) is 0 Å². The van der Waals surface area contributed by atoms with Crippen LogP contribution in [0.3, 0.4) is 0 Å². The van der Waals surface area contributed by atoms with Gasteiger partial charge in [-0.15, -0.1) is 0 Å². The van der Waals surface area contributed by atoms with E-state index in [0.717, 1.165) is 52.3 Å². The molecule has 0 unspecified atom stereocenters. The Morgan fingerprint density at radius 2 is 0.887 bits per heavy atom. The number of nitrogens with zero attached hydrogens (tertiary/aromatic N) is 1. The topological polar surface area (TPSA) is 207 Å². The number of amides is 2.